The second-order valence-electron chi connectivity index (χ2n) is 7.00. The van der Waals surface area contributed by atoms with Gasteiger partial charge in [0, 0.05) is 56.1 Å². The van der Waals surface area contributed by atoms with E-state index >= 15 is 0 Å². The van der Waals surface area contributed by atoms with Crippen molar-refractivity contribution in [3.8, 4) is 0 Å². The fourth-order valence-electron chi connectivity index (χ4n) is 2.74. The SMILES string of the molecule is CC(C)(C)c1csc(CN2CCN(C3CNC3)CC2)n1. The van der Waals surface area contributed by atoms with Crippen LogP contribution in [0.3, 0.4) is 0 Å². The molecule has 0 radical (unpaired) electrons. The first kappa shape index (κ1) is 14.4. The maximum absolute atomic E-state index is 4.81. The van der Waals surface area contributed by atoms with E-state index in [4.69, 9.17) is 4.98 Å². The van der Waals surface area contributed by atoms with E-state index < -0.39 is 0 Å². The van der Waals surface area contributed by atoms with E-state index in [9.17, 15) is 0 Å². The summed E-state index contributed by atoms with van der Waals surface area (Å²) in [5.41, 5.74) is 1.40. The molecular formula is C15H26N4S. The number of rotatable bonds is 3. The number of piperazine rings is 1. The first-order chi connectivity index (χ1) is 9.52. The number of hydrogen-bond donors (Lipinski definition) is 1. The predicted molar refractivity (Wildman–Crippen MR) is 84.3 cm³/mol. The van der Waals surface area contributed by atoms with Gasteiger partial charge in [-0.05, 0) is 0 Å². The van der Waals surface area contributed by atoms with Gasteiger partial charge >= 0.3 is 0 Å². The van der Waals surface area contributed by atoms with Crippen molar-refractivity contribution in [3.63, 3.8) is 0 Å². The molecule has 0 bridgehead atoms. The lowest BCUT2D eigenvalue weighted by Crippen LogP contribution is -2.61. The Morgan fingerprint density at radius 3 is 2.45 bits per heavy atom. The van der Waals surface area contributed by atoms with Crippen molar-refractivity contribution < 1.29 is 0 Å². The molecule has 0 amide bonds. The van der Waals surface area contributed by atoms with Crippen molar-refractivity contribution in [1.29, 1.82) is 0 Å². The van der Waals surface area contributed by atoms with Gasteiger partial charge in [-0.1, -0.05) is 20.8 Å². The fourth-order valence-corrected chi connectivity index (χ4v) is 3.80. The zero-order chi connectivity index (χ0) is 14.2. The highest BCUT2D eigenvalue weighted by atomic mass is 32.1. The summed E-state index contributed by atoms with van der Waals surface area (Å²) in [5, 5.41) is 6.86. The molecule has 1 aromatic heterocycles. The zero-order valence-corrected chi connectivity index (χ0v) is 13.7. The van der Waals surface area contributed by atoms with E-state index in [1.54, 1.807) is 0 Å². The van der Waals surface area contributed by atoms with Gasteiger partial charge in [-0.3, -0.25) is 9.80 Å². The van der Waals surface area contributed by atoms with Gasteiger partial charge in [-0.2, -0.15) is 0 Å². The monoisotopic (exact) mass is 294 g/mol. The van der Waals surface area contributed by atoms with Crippen LogP contribution in [-0.4, -0.2) is 60.1 Å². The molecule has 4 nitrogen and oxygen atoms in total. The average Bonchev–Trinajstić information content (AvgIpc) is 2.78. The summed E-state index contributed by atoms with van der Waals surface area (Å²) >= 11 is 1.82. The van der Waals surface area contributed by atoms with Crippen LogP contribution in [0.4, 0.5) is 0 Å². The van der Waals surface area contributed by atoms with E-state index in [2.05, 4.69) is 41.3 Å². The molecule has 0 aromatic carbocycles. The van der Waals surface area contributed by atoms with Crippen molar-refractivity contribution in [2.45, 2.75) is 38.8 Å². The van der Waals surface area contributed by atoms with Gasteiger partial charge < -0.3 is 5.32 Å². The van der Waals surface area contributed by atoms with Gasteiger partial charge in [0.1, 0.15) is 5.01 Å². The Kier molecular flexibility index (Phi) is 4.13. The lowest BCUT2D eigenvalue weighted by molar-refractivity contribution is 0.0695. The largest absolute Gasteiger partial charge is 0.314 e. The second kappa shape index (κ2) is 5.72. The molecule has 2 aliphatic heterocycles. The van der Waals surface area contributed by atoms with Crippen LogP contribution in [0.2, 0.25) is 0 Å². The molecular weight excluding hydrogens is 268 g/mol. The highest BCUT2D eigenvalue weighted by Gasteiger charge is 2.28. The Morgan fingerprint density at radius 1 is 1.25 bits per heavy atom. The van der Waals surface area contributed by atoms with Crippen LogP contribution in [0.5, 0.6) is 0 Å². The number of thiazole rings is 1. The van der Waals surface area contributed by atoms with E-state index in [0.29, 0.717) is 0 Å². The van der Waals surface area contributed by atoms with Crippen molar-refractivity contribution in [2.75, 3.05) is 39.3 Å². The van der Waals surface area contributed by atoms with Gasteiger partial charge in [0.2, 0.25) is 0 Å². The molecule has 5 heteroatoms. The molecule has 3 rings (SSSR count). The highest BCUT2D eigenvalue weighted by molar-refractivity contribution is 7.09. The zero-order valence-electron chi connectivity index (χ0n) is 12.9. The number of aromatic nitrogens is 1. The minimum atomic E-state index is 0.171. The number of hydrogen-bond acceptors (Lipinski definition) is 5. The third-order valence-corrected chi connectivity index (χ3v) is 5.20. The summed E-state index contributed by atoms with van der Waals surface area (Å²) in [7, 11) is 0. The van der Waals surface area contributed by atoms with Crippen LogP contribution in [-0.2, 0) is 12.0 Å². The standard InChI is InChI=1S/C15H26N4S/c1-15(2,3)13-11-20-14(17-13)10-18-4-6-19(7-5-18)12-8-16-9-12/h11-12,16H,4-10H2,1-3H3. The average molecular weight is 294 g/mol. The molecule has 0 saturated carbocycles. The van der Waals surface area contributed by atoms with Gasteiger partial charge in [-0.25, -0.2) is 4.98 Å². The Labute approximate surface area is 126 Å². The predicted octanol–water partition coefficient (Wildman–Crippen LogP) is 1.53. The summed E-state index contributed by atoms with van der Waals surface area (Å²) in [5.74, 6) is 0. The van der Waals surface area contributed by atoms with Crippen molar-refractivity contribution in [2.24, 2.45) is 0 Å². The van der Waals surface area contributed by atoms with Crippen molar-refractivity contribution >= 4 is 11.3 Å². The third kappa shape index (κ3) is 3.22. The maximum Gasteiger partial charge on any atom is 0.107 e. The van der Waals surface area contributed by atoms with E-state index in [0.717, 1.165) is 12.6 Å². The first-order valence-corrected chi connectivity index (χ1v) is 8.52. The van der Waals surface area contributed by atoms with Crippen LogP contribution < -0.4 is 5.32 Å². The van der Waals surface area contributed by atoms with Gasteiger partial charge in [0.05, 0.1) is 12.2 Å². The third-order valence-electron chi connectivity index (χ3n) is 4.36. The van der Waals surface area contributed by atoms with Gasteiger partial charge in [-0.15, -0.1) is 11.3 Å². The molecule has 0 spiro atoms. The molecule has 0 unspecified atom stereocenters. The summed E-state index contributed by atoms with van der Waals surface area (Å²) in [6.07, 6.45) is 0. The summed E-state index contributed by atoms with van der Waals surface area (Å²) in [6, 6.07) is 0.796. The van der Waals surface area contributed by atoms with E-state index in [1.807, 2.05) is 11.3 Å². The van der Waals surface area contributed by atoms with Crippen LogP contribution >= 0.6 is 11.3 Å². The molecule has 3 heterocycles. The molecule has 0 aliphatic carbocycles. The highest BCUT2D eigenvalue weighted by Crippen LogP contribution is 2.24. The molecule has 2 saturated heterocycles. The Balaban J connectivity index is 1.50. The fraction of sp³-hybridized carbons (Fsp3) is 0.800. The lowest BCUT2D eigenvalue weighted by Gasteiger charge is -2.43. The summed E-state index contributed by atoms with van der Waals surface area (Å²) in [6.45, 7) is 14.9. The Morgan fingerprint density at radius 2 is 1.95 bits per heavy atom. The van der Waals surface area contributed by atoms with Crippen LogP contribution in [0.1, 0.15) is 31.5 Å². The van der Waals surface area contributed by atoms with Gasteiger partial charge in [0.15, 0.2) is 0 Å². The molecule has 1 aromatic rings. The molecule has 2 aliphatic rings. The molecule has 1 N–H and O–H groups in total. The summed E-state index contributed by atoms with van der Waals surface area (Å²) < 4.78 is 0. The molecule has 0 atom stereocenters. The minimum Gasteiger partial charge on any atom is -0.314 e. The van der Waals surface area contributed by atoms with Crippen molar-refractivity contribution in [1.82, 2.24) is 20.1 Å². The Hall–Kier alpha value is -0.490. The minimum absolute atomic E-state index is 0.171. The first-order valence-electron chi connectivity index (χ1n) is 7.64. The molecule has 2 fully saturated rings. The van der Waals surface area contributed by atoms with Crippen LogP contribution in [0.15, 0.2) is 5.38 Å². The van der Waals surface area contributed by atoms with E-state index in [-0.39, 0.29) is 5.41 Å². The Bertz CT molecular complexity index is 439. The van der Waals surface area contributed by atoms with Crippen LogP contribution in [0, 0.1) is 0 Å². The quantitative estimate of drug-likeness (QED) is 0.916. The maximum atomic E-state index is 4.81. The van der Waals surface area contributed by atoms with Crippen LogP contribution in [0.25, 0.3) is 0 Å². The topological polar surface area (TPSA) is 31.4 Å². The van der Waals surface area contributed by atoms with E-state index in [1.165, 1.54) is 50.0 Å². The summed E-state index contributed by atoms with van der Waals surface area (Å²) in [4.78, 5) is 9.99. The van der Waals surface area contributed by atoms with Crippen molar-refractivity contribution in [3.05, 3.63) is 16.1 Å². The molecule has 112 valence electrons. The second-order valence-corrected chi connectivity index (χ2v) is 7.94. The lowest BCUT2D eigenvalue weighted by atomic mass is 9.93. The number of nitrogens with one attached hydrogen (secondary N) is 1. The molecule has 20 heavy (non-hydrogen) atoms. The number of nitrogens with zero attached hydrogens (tertiary/aromatic N) is 3. The smallest absolute Gasteiger partial charge is 0.107 e. The van der Waals surface area contributed by atoms with Gasteiger partial charge in [0.25, 0.3) is 0 Å². The normalized spacial score (nSPS) is 22.9.